The number of hydrogen-bond acceptors (Lipinski definition) is 4. The van der Waals surface area contributed by atoms with Gasteiger partial charge < -0.3 is 0 Å². The molecule has 0 radical (unpaired) electrons. The van der Waals surface area contributed by atoms with Crippen molar-refractivity contribution in [2.24, 2.45) is 0 Å². The van der Waals surface area contributed by atoms with Crippen molar-refractivity contribution < 1.29 is 0 Å². The molecule has 288 valence electrons. The zero-order valence-corrected chi connectivity index (χ0v) is 34.3. The second kappa shape index (κ2) is 13.6. The number of nitrogens with zero attached hydrogens (tertiary/aromatic N) is 3. The maximum Gasteiger partial charge on any atom is 0.164 e. The molecule has 1 spiro atoms. The van der Waals surface area contributed by atoms with Crippen LogP contribution in [0.1, 0.15) is 22.3 Å². The molecule has 0 saturated carbocycles. The summed E-state index contributed by atoms with van der Waals surface area (Å²) in [5.74, 6) is 1.94. The average Bonchev–Trinajstić information content (AvgIpc) is 3.97. The Morgan fingerprint density at radius 3 is 1.31 bits per heavy atom. The van der Waals surface area contributed by atoms with Crippen molar-refractivity contribution in [2.45, 2.75) is 5.41 Å². The van der Waals surface area contributed by atoms with E-state index in [1.807, 2.05) is 47.7 Å². The van der Waals surface area contributed by atoms with Gasteiger partial charge in [-0.1, -0.05) is 188 Å². The fourth-order valence-corrected chi connectivity index (χ4v) is 11.4. The summed E-state index contributed by atoms with van der Waals surface area (Å²) >= 11 is 1.87. The van der Waals surface area contributed by atoms with E-state index in [9.17, 15) is 0 Å². The molecule has 2 heterocycles. The molecule has 13 rings (SSSR count). The van der Waals surface area contributed by atoms with Gasteiger partial charge in [-0.05, 0) is 91.0 Å². The molecular weight excluding hydrogens is 771 g/mol. The lowest BCUT2D eigenvalue weighted by atomic mass is 9.70. The normalized spacial score (nSPS) is 13.0. The first kappa shape index (κ1) is 35.0. The van der Waals surface area contributed by atoms with Crippen molar-refractivity contribution in [1.29, 1.82) is 0 Å². The van der Waals surface area contributed by atoms with E-state index >= 15 is 0 Å². The largest absolute Gasteiger partial charge is 0.208 e. The number of rotatable bonds is 5. The Morgan fingerprint density at radius 2 is 0.710 bits per heavy atom. The second-order valence-corrected chi connectivity index (χ2v) is 17.3. The first-order valence-electron chi connectivity index (χ1n) is 21.1. The van der Waals surface area contributed by atoms with Gasteiger partial charge in [0, 0.05) is 36.9 Å². The maximum absolute atomic E-state index is 5.05. The zero-order valence-electron chi connectivity index (χ0n) is 33.5. The third-order valence-electron chi connectivity index (χ3n) is 13.0. The standard InChI is InChI=1S/C58H35N3S/c1-3-15-37(16-4-1)55-59-56(38-17-5-2-6-18-38)61-57(60-55)39-29-27-36(28-30-39)47-35-52-48(34-46(47)40-31-32-45-44-22-10-14-26-53(44)62-54(45)33-40)43-21-9-13-25-51(43)58(52)49-23-11-7-19-41(49)42-20-8-12-24-50(42)58/h1-35H. The van der Waals surface area contributed by atoms with Gasteiger partial charge in [0.25, 0.3) is 0 Å². The highest BCUT2D eigenvalue weighted by Crippen LogP contribution is 2.63. The fraction of sp³-hybridized carbons (Fsp3) is 0.0172. The van der Waals surface area contributed by atoms with Gasteiger partial charge >= 0.3 is 0 Å². The van der Waals surface area contributed by atoms with Crippen molar-refractivity contribution in [3.05, 3.63) is 235 Å². The molecule has 0 N–H and O–H groups in total. The summed E-state index contributed by atoms with van der Waals surface area (Å²) in [6.45, 7) is 0. The Labute approximate surface area is 363 Å². The van der Waals surface area contributed by atoms with E-state index in [-0.39, 0.29) is 0 Å². The molecule has 4 heteroatoms. The fourth-order valence-electron chi connectivity index (χ4n) is 10.2. The van der Waals surface area contributed by atoms with E-state index in [0.29, 0.717) is 17.5 Å². The van der Waals surface area contributed by atoms with Crippen molar-refractivity contribution in [3.63, 3.8) is 0 Å². The van der Waals surface area contributed by atoms with E-state index < -0.39 is 5.41 Å². The maximum atomic E-state index is 5.05. The van der Waals surface area contributed by atoms with Crippen LogP contribution in [-0.4, -0.2) is 15.0 Å². The Bertz CT molecular complexity index is 3470. The van der Waals surface area contributed by atoms with Crippen LogP contribution in [0.4, 0.5) is 0 Å². The summed E-state index contributed by atoms with van der Waals surface area (Å²) in [4.78, 5) is 15.0. The molecule has 62 heavy (non-hydrogen) atoms. The third-order valence-corrected chi connectivity index (χ3v) is 14.1. The molecule has 9 aromatic carbocycles. The van der Waals surface area contributed by atoms with E-state index in [4.69, 9.17) is 15.0 Å². The van der Waals surface area contributed by atoms with Crippen LogP contribution in [0.15, 0.2) is 212 Å². The molecule has 11 aromatic rings. The first-order chi connectivity index (χ1) is 30.7. The van der Waals surface area contributed by atoms with Crippen molar-refractivity contribution in [3.8, 4) is 78.7 Å². The lowest BCUT2D eigenvalue weighted by molar-refractivity contribution is 0.794. The number of thiophene rings is 1. The quantitative estimate of drug-likeness (QED) is 0.174. The van der Waals surface area contributed by atoms with Crippen LogP contribution in [0.3, 0.4) is 0 Å². The molecule has 2 aromatic heterocycles. The van der Waals surface area contributed by atoms with Crippen LogP contribution in [0.25, 0.3) is 98.8 Å². The van der Waals surface area contributed by atoms with Crippen LogP contribution in [0, 0.1) is 0 Å². The predicted molar refractivity (Wildman–Crippen MR) is 256 cm³/mol. The van der Waals surface area contributed by atoms with Gasteiger partial charge in [0.05, 0.1) is 5.41 Å². The highest BCUT2D eigenvalue weighted by molar-refractivity contribution is 7.25. The van der Waals surface area contributed by atoms with Gasteiger partial charge in [-0.25, -0.2) is 15.0 Å². The van der Waals surface area contributed by atoms with Gasteiger partial charge in [0.1, 0.15) is 0 Å². The van der Waals surface area contributed by atoms with Gasteiger partial charge in [-0.15, -0.1) is 11.3 Å². The molecular formula is C58H35N3S. The molecule has 0 bridgehead atoms. The Kier molecular flexibility index (Phi) is 7.69. The summed E-state index contributed by atoms with van der Waals surface area (Å²) in [6, 6.07) is 77.1. The molecule has 0 aliphatic heterocycles. The predicted octanol–water partition coefficient (Wildman–Crippen LogP) is 14.9. The zero-order chi connectivity index (χ0) is 40.8. The summed E-state index contributed by atoms with van der Waals surface area (Å²) in [7, 11) is 0. The molecule has 2 aliphatic carbocycles. The highest BCUT2D eigenvalue weighted by Gasteiger charge is 2.51. The van der Waals surface area contributed by atoms with Crippen LogP contribution < -0.4 is 0 Å². The minimum atomic E-state index is -0.450. The Morgan fingerprint density at radius 1 is 0.274 bits per heavy atom. The van der Waals surface area contributed by atoms with E-state index in [1.54, 1.807) is 0 Å². The molecule has 2 aliphatic rings. The summed E-state index contributed by atoms with van der Waals surface area (Å²) in [6.07, 6.45) is 0. The number of hydrogen-bond donors (Lipinski definition) is 0. The van der Waals surface area contributed by atoms with Crippen LogP contribution >= 0.6 is 11.3 Å². The molecule has 0 atom stereocenters. The van der Waals surface area contributed by atoms with Crippen LogP contribution in [0.2, 0.25) is 0 Å². The van der Waals surface area contributed by atoms with Crippen molar-refractivity contribution >= 4 is 31.5 Å². The Balaban J connectivity index is 1.04. The average molecular weight is 806 g/mol. The SMILES string of the molecule is c1ccc(-c2nc(-c3ccccc3)nc(-c3ccc(-c4cc5c(cc4-c4ccc6c(c4)sc4ccccc46)-c4ccccc4C54c5ccccc5-c5ccccc54)cc3)n2)cc1. The van der Waals surface area contributed by atoms with E-state index in [1.165, 1.54) is 81.4 Å². The smallest absolute Gasteiger partial charge is 0.164 e. The topological polar surface area (TPSA) is 38.7 Å². The lowest BCUT2D eigenvalue weighted by Gasteiger charge is -2.31. The van der Waals surface area contributed by atoms with E-state index in [2.05, 4.69) is 176 Å². The van der Waals surface area contributed by atoms with Crippen LogP contribution in [0.5, 0.6) is 0 Å². The molecule has 0 fully saturated rings. The number of aromatic nitrogens is 3. The van der Waals surface area contributed by atoms with Gasteiger partial charge in [0.2, 0.25) is 0 Å². The third kappa shape index (κ3) is 5.14. The summed E-state index contributed by atoms with van der Waals surface area (Å²) in [5, 5.41) is 2.61. The number of fused-ring (bicyclic) bond motifs is 13. The summed E-state index contributed by atoms with van der Waals surface area (Å²) in [5.41, 5.74) is 17.6. The second-order valence-electron chi connectivity index (χ2n) is 16.3. The number of benzene rings is 9. The van der Waals surface area contributed by atoms with Gasteiger partial charge in [-0.2, -0.15) is 0 Å². The molecule has 0 amide bonds. The summed E-state index contributed by atoms with van der Waals surface area (Å²) < 4.78 is 2.60. The molecule has 0 saturated heterocycles. The van der Waals surface area contributed by atoms with E-state index in [0.717, 1.165) is 22.3 Å². The van der Waals surface area contributed by atoms with Crippen LogP contribution in [-0.2, 0) is 5.41 Å². The molecule has 3 nitrogen and oxygen atoms in total. The minimum absolute atomic E-state index is 0.450. The lowest BCUT2D eigenvalue weighted by Crippen LogP contribution is -2.25. The Hall–Kier alpha value is -7.79. The van der Waals surface area contributed by atoms with Crippen molar-refractivity contribution in [1.82, 2.24) is 15.0 Å². The highest BCUT2D eigenvalue weighted by atomic mass is 32.1. The minimum Gasteiger partial charge on any atom is -0.208 e. The first-order valence-corrected chi connectivity index (χ1v) is 21.9. The monoisotopic (exact) mass is 805 g/mol. The van der Waals surface area contributed by atoms with Gasteiger partial charge in [-0.3, -0.25) is 0 Å². The molecule has 0 unspecified atom stereocenters. The van der Waals surface area contributed by atoms with Crippen molar-refractivity contribution in [2.75, 3.05) is 0 Å². The van der Waals surface area contributed by atoms with Gasteiger partial charge in [0.15, 0.2) is 17.5 Å².